The highest BCUT2D eigenvalue weighted by Gasteiger charge is 2.26. The van der Waals surface area contributed by atoms with Crippen LogP contribution in [0, 0.1) is 6.92 Å². The summed E-state index contributed by atoms with van der Waals surface area (Å²) in [5.74, 6) is 0. The van der Waals surface area contributed by atoms with Crippen molar-refractivity contribution < 1.29 is 9.53 Å². The molecule has 0 aliphatic heterocycles. The number of rotatable bonds is 3. The van der Waals surface area contributed by atoms with Crippen molar-refractivity contribution in [2.75, 3.05) is 4.90 Å². The van der Waals surface area contributed by atoms with Crippen LogP contribution in [0.5, 0.6) is 0 Å². The number of aryl methyl sites for hydroxylation is 1. The van der Waals surface area contributed by atoms with Crippen LogP contribution >= 0.6 is 11.6 Å². The maximum atomic E-state index is 12.9. The first-order valence-corrected chi connectivity index (χ1v) is 9.68. The largest absolute Gasteiger partial charge is 0.443 e. The number of carbonyl (C=O) groups is 1. The van der Waals surface area contributed by atoms with Crippen LogP contribution in [0.4, 0.5) is 10.5 Å². The number of hydrogen-bond donors (Lipinski definition) is 0. The molecule has 0 saturated heterocycles. The van der Waals surface area contributed by atoms with Crippen LogP contribution < -0.4 is 4.90 Å². The van der Waals surface area contributed by atoms with E-state index < -0.39 is 11.7 Å². The second kappa shape index (κ2) is 9.06. The van der Waals surface area contributed by atoms with Gasteiger partial charge in [-0.1, -0.05) is 55.8 Å². The molecule has 0 fully saturated rings. The molecule has 2 aromatic heterocycles. The van der Waals surface area contributed by atoms with Crippen molar-refractivity contribution in [3.8, 4) is 0 Å². The summed E-state index contributed by atoms with van der Waals surface area (Å²) in [5, 5.41) is 4.53. The molecule has 0 unspecified atom stereocenters. The van der Waals surface area contributed by atoms with Crippen molar-refractivity contribution in [2.45, 2.75) is 53.7 Å². The minimum atomic E-state index is -0.621. The first-order valence-electron chi connectivity index (χ1n) is 9.30. The SMILES string of the molecule is CC.Cc1cnc2c(N(Cc3ccccc3)C(=O)OC(C)(C)C)cc(Cl)nn12. The van der Waals surface area contributed by atoms with Gasteiger partial charge in [0.25, 0.3) is 0 Å². The van der Waals surface area contributed by atoms with Gasteiger partial charge in [0, 0.05) is 6.07 Å². The Morgan fingerprint density at radius 1 is 1.21 bits per heavy atom. The molecule has 1 aromatic carbocycles. The van der Waals surface area contributed by atoms with E-state index >= 15 is 0 Å². The molecular formula is C21H27ClN4O2. The van der Waals surface area contributed by atoms with Gasteiger partial charge in [-0.15, -0.1) is 0 Å². The molecule has 0 radical (unpaired) electrons. The topological polar surface area (TPSA) is 59.7 Å². The summed E-state index contributed by atoms with van der Waals surface area (Å²) in [7, 11) is 0. The number of halogens is 1. The van der Waals surface area contributed by atoms with Gasteiger partial charge in [0.05, 0.1) is 24.1 Å². The third-order valence-electron chi connectivity index (χ3n) is 3.68. The predicted molar refractivity (Wildman–Crippen MR) is 113 cm³/mol. The van der Waals surface area contributed by atoms with Crippen molar-refractivity contribution in [1.29, 1.82) is 0 Å². The van der Waals surface area contributed by atoms with Gasteiger partial charge in [-0.05, 0) is 33.3 Å². The highest BCUT2D eigenvalue weighted by molar-refractivity contribution is 6.29. The third kappa shape index (κ3) is 5.23. The molecule has 150 valence electrons. The second-order valence-electron chi connectivity index (χ2n) is 7.04. The van der Waals surface area contributed by atoms with Crippen LogP contribution in [0.3, 0.4) is 0 Å². The lowest BCUT2D eigenvalue weighted by Gasteiger charge is -2.27. The number of fused-ring (bicyclic) bond motifs is 1. The van der Waals surface area contributed by atoms with E-state index in [2.05, 4.69) is 10.1 Å². The summed E-state index contributed by atoms with van der Waals surface area (Å²) in [6.45, 7) is 11.7. The van der Waals surface area contributed by atoms with E-state index in [9.17, 15) is 4.79 Å². The Morgan fingerprint density at radius 3 is 2.46 bits per heavy atom. The molecule has 0 aliphatic carbocycles. The van der Waals surface area contributed by atoms with E-state index in [1.807, 2.05) is 71.9 Å². The van der Waals surface area contributed by atoms with Crippen LogP contribution in [0.15, 0.2) is 42.6 Å². The summed E-state index contributed by atoms with van der Waals surface area (Å²) >= 11 is 6.20. The van der Waals surface area contributed by atoms with E-state index in [0.717, 1.165) is 11.3 Å². The van der Waals surface area contributed by atoms with Crippen molar-refractivity contribution >= 4 is 29.0 Å². The smallest absolute Gasteiger partial charge is 0.415 e. The Hall–Kier alpha value is -2.60. The summed E-state index contributed by atoms with van der Waals surface area (Å²) in [6, 6.07) is 11.3. The fourth-order valence-electron chi connectivity index (χ4n) is 2.56. The average Bonchev–Trinajstić information content (AvgIpc) is 3.01. The maximum absolute atomic E-state index is 12.9. The maximum Gasteiger partial charge on any atom is 0.415 e. The first-order chi connectivity index (χ1) is 13.2. The molecule has 0 bridgehead atoms. The second-order valence-corrected chi connectivity index (χ2v) is 7.43. The van der Waals surface area contributed by atoms with Gasteiger partial charge in [0.2, 0.25) is 0 Å². The quantitative estimate of drug-likeness (QED) is 0.567. The Bertz CT molecular complexity index is 933. The van der Waals surface area contributed by atoms with E-state index in [1.54, 1.807) is 16.8 Å². The van der Waals surface area contributed by atoms with Crippen molar-refractivity contribution in [3.63, 3.8) is 0 Å². The molecule has 0 saturated carbocycles. The standard InChI is InChI=1S/C19H21ClN4O2.C2H6/c1-13-11-21-17-15(10-16(20)22-24(13)17)23(18(25)26-19(2,3)4)12-14-8-6-5-7-9-14;1-2/h5-11H,12H2,1-4H3;1-2H3. The monoisotopic (exact) mass is 402 g/mol. The molecule has 0 spiro atoms. The number of carbonyl (C=O) groups excluding carboxylic acids is 1. The van der Waals surface area contributed by atoms with Crippen LogP contribution in [-0.2, 0) is 11.3 Å². The van der Waals surface area contributed by atoms with Crippen molar-refractivity contribution in [1.82, 2.24) is 14.6 Å². The predicted octanol–water partition coefficient (Wildman–Crippen LogP) is 5.66. The molecule has 28 heavy (non-hydrogen) atoms. The Morgan fingerprint density at radius 2 is 1.86 bits per heavy atom. The molecule has 0 aliphatic rings. The zero-order valence-corrected chi connectivity index (χ0v) is 18.0. The normalized spacial score (nSPS) is 11.0. The number of ether oxygens (including phenoxy) is 1. The molecule has 0 atom stereocenters. The summed E-state index contributed by atoms with van der Waals surface area (Å²) in [4.78, 5) is 18.9. The number of anilines is 1. The molecule has 3 rings (SSSR count). The van der Waals surface area contributed by atoms with Crippen molar-refractivity contribution in [3.05, 3.63) is 59.0 Å². The summed E-state index contributed by atoms with van der Waals surface area (Å²) < 4.78 is 7.23. The minimum Gasteiger partial charge on any atom is -0.443 e. The molecule has 3 aromatic rings. The van der Waals surface area contributed by atoms with E-state index in [0.29, 0.717) is 17.9 Å². The number of hydrogen-bond acceptors (Lipinski definition) is 4. The fraction of sp³-hybridized carbons (Fsp3) is 0.381. The molecule has 6 nitrogen and oxygen atoms in total. The Balaban J connectivity index is 0.00000136. The zero-order chi connectivity index (χ0) is 20.9. The van der Waals surface area contributed by atoms with Gasteiger partial charge >= 0.3 is 6.09 Å². The highest BCUT2D eigenvalue weighted by atomic mass is 35.5. The van der Waals surface area contributed by atoms with Gasteiger partial charge in [-0.3, -0.25) is 4.90 Å². The Labute approximate surface area is 171 Å². The number of aromatic nitrogens is 3. The molecule has 7 heteroatoms. The lowest BCUT2D eigenvalue weighted by molar-refractivity contribution is 0.0577. The summed E-state index contributed by atoms with van der Waals surface area (Å²) in [6.07, 6.45) is 1.23. The van der Waals surface area contributed by atoms with Crippen LogP contribution in [-0.4, -0.2) is 26.3 Å². The number of nitrogens with zero attached hydrogens (tertiary/aromatic N) is 4. The van der Waals surface area contributed by atoms with Gasteiger partial charge in [-0.2, -0.15) is 5.10 Å². The van der Waals surface area contributed by atoms with Gasteiger partial charge in [-0.25, -0.2) is 14.3 Å². The fourth-order valence-corrected chi connectivity index (χ4v) is 2.74. The lowest BCUT2D eigenvalue weighted by Crippen LogP contribution is -2.37. The lowest BCUT2D eigenvalue weighted by atomic mass is 10.2. The number of amides is 1. The number of imidazole rings is 1. The van der Waals surface area contributed by atoms with Crippen LogP contribution in [0.1, 0.15) is 45.9 Å². The minimum absolute atomic E-state index is 0.273. The van der Waals surface area contributed by atoms with Gasteiger partial charge in [0.1, 0.15) is 5.60 Å². The van der Waals surface area contributed by atoms with E-state index in [-0.39, 0.29) is 5.15 Å². The van der Waals surface area contributed by atoms with Crippen molar-refractivity contribution in [2.24, 2.45) is 0 Å². The number of benzene rings is 1. The molecule has 2 heterocycles. The van der Waals surface area contributed by atoms with Crippen LogP contribution in [0.2, 0.25) is 5.15 Å². The molecule has 0 N–H and O–H groups in total. The molecule has 1 amide bonds. The third-order valence-corrected chi connectivity index (χ3v) is 3.86. The summed E-state index contributed by atoms with van der Waals surface area (Å²) in [5.41, 5.74) is 2.27. The first kappa shape index (κ1) is 21.7. The van der Waals surface area contributed by atoms with Gasteiger partial charge < -0.3 is 4.74 Å². The van der Waals surface area contributed by atoms with E-state index in [4.69, 9.17) is 16.3 Å². The highest BCUT2D eigenvalue weighted by Crippen LogP contribution is 2.27. The van der Waals surface area contributed by atoms with E-state index in [1.165, 1.54) is 4.90 Å². The van der Waals surface area contributed by atoms with Crippen LogP contribution in [0.25, 0.3) is 5.65 Å². The molecular weight excluding hydrogens is 376 g/mol. The zero-order valence-electron chi connectivity index (χ0n) is 17.2. The van der Waals surface area contributed by atoms with Gasteiger partial charge in [0.15, 0.2) is 10.8 Å². The Kier molecular flexibility index (Phi) is 7.02. The average molecular weight is 403 g/mol.